The quantitative estimate of drug-likeness (QED) is 0.449. The van der Waals surface area contributed by atoms with Crippen LogP contribution in [0.5, 0.6) is 0 Å². The first-order valence-corrected chi connectivity index (χ1v) is 10.6. The molecule has 1 saturated heterocycles. The highest BCUT2D eigenvalue weighted by Crippen LogP contribution is 2.37. The minimum Gasteiger partial charge on any atom is -0.372 e. The molecule has 5 nitrogen and oxygen atoms in total. The molecule has 30 heavy (non-hydrogen) atoms. The van der Waals surface area contributed by atoms with E-state index in [0.717, 1.165) is 46.8 Å². The van der Waals surface area contributed by atoms with Gasteiger partial charge in [-0.05, 0) is 43.7 Å². The van der Waals surface area contributed by atoms with Crippen LogP contribution in [0.3, 0.4) is 0 Å². The van der Waals surface area contributed by atoms with Crippen LogP contribution in [0.1, 0.15) is 13.8 Å². The number of fused-ring (bicyclic) bond motifs is 1. The number of rotatable bonds is 3. The van der Waals surface area contributed by atoms with Crippen molar-refractivity contribution in [3.63, 3.8) is 0 Å². The molecule has 0 spiro atoms. The van der Waals surface area contributed by atoms with Gasteiger partial charge in [-0.3, -0.25) is 0 Å². The number of hydrogen-bond donors (Lipinski definition) is 0. The summed E-state index contributed by atoms with van der Waals surface area (Å²) in [6.45, 7) is 5.82. The zero-order valence-electron chi connectivity index (χ0n) is 17.0. The van der Waals surface area contributed by atoms with Gasteiger partial charge < -0.3 is 14.2 Å². The molecule has 1 aliphatic rings. The third-order valence-corrected chi connectivity index (χ3v) is 5.72. The van der Waals surface area contributed by atoms with Crippen LogP contribution in [0.25, 0.3) is 27.8 Å². The van der Waals surface area contributed by atoms with Crippen LogP contribution in [-0.4, -0.2) is 39.8 Å². The fourth-order valence-corrected chi connectivity index (χ4v) is 4.40. The van der Waals surface area contributed by atoms with Gasteiger partial charge in [-0.1, -0.05) is 41.9 Å². The van der Waals surface area contributed by atoms with Crippen LogP contribution >= 0.6 is 11.6 Å². The van der Waals surface area contributed by atoms with Crippen molar-refractivity contribution in [2.75, 3.05) is 18.0 Å². The Hall–Kier alpha value is -2.89. The summed E-state index contributed by atoms with van der Waals surface area (Å²) >= 11 is 6.12. The van der Waals surface area contributed by atoms with Gasteiger partial charge in [0.25, 0.3) is 0 Å². The van der Waals surface area contributed by atoms with Crippen molar-refractivity contribution in [2.24, 2.45) is 0 Å². The summed E-state index contributed by atoms with van der Waals surface area (Å²) in [6.07, 6.45) is 4.10. The molecule has 0 radical (unpaired) electrons. The van der Waals surface area contributed by atoms with Crippen molar-refractivity contribution >= 4 is 28.5 Å². The summed E-state index contributed by atoms with van der Waals surface area (Å²) in [4.78, 5) is 11.7. The van der Waals surface area contributed by atoms with Crippen molar-refractivity contribution in [2.45, 2.75) is 26.1 Å². The lowest BCUT2D eigenvalue weighted by Gasteiger charge is -2.36. The van der Waals surface area contributed by atoms with E-state index < -0.39 is 0 Å². The maximum absolute atomic E-state index is 6.12. The monoisotopic (exact) mass is 418 g/mol. The highest BCUT2D eigenvalue weighted by molar-refractivity contribution is 6.30. The minimum atomic E-state index is 0.150. The van der Waals surface area contributed by atoms with Crippen LogP contribution in [-0.2, 0) is 4.74 Å². The maximum atomic E-state index is 6.12. The fraction of sp³-hybridized carbons (Fsp3) is 0.250. The van der Waals surface area contributed by atoms with Crippen molar-refractivity contribution in [1.29, 1.82) is 0 Å². The Morgan fingerprint density at radius 3 is 2.33 bits per heavy atom. The summed E-state index contributed by atoms with van der Waals surface area (Å²) in [5, 5.41) is 1.77. The van der Waals surface area contributed by atoms with Gasteiger partial charge in [0.1, 0.15) is 12.1 Å². The number of morpholine rings is 1. The SMILES string of the molecule is CC1CN(c2ncnc3c2c(-c2ccccc2)cn3-c2ccc(Cl)cc2)CC(C)O1. The predicted molar refractivity (Wildman–Crippen MR) is 122 cm³/mol. The van der Waals surface area contributed by atoms with Crippen LogP contribution in [0.15, 0.2) is 67.1 Å². The second kappa shape index (κ2) is 7.74. The highest BCUT2D eigenvalue weighted by atomic mass is 35.5. The van der Waals surface area contributed by atoms with Crippen LogP contribution in [0.4, 0.5) is 5.82 Å². The number of nitrogens with zero attached hydrogens (tertiary/aromatic N) is 4. The second-order valence-electron chi connectivity index (χ2n) is 7.81. The summed E-state index contributed by atoms with van der Waals surface area (Å²) in [5.41, 5.74) is 4.15. The van der Waals surface area contributed by atoms with Gasteiger partial charge >= 0.3 is 0 Å². The van der Waals surface area contributed by atoms with E-state index in [1.54, 1.807) is 6.33 Å². The Bertz CT molecular complexity index is 1160. The van der Waals surface area contributed by atoms with E-state index in [0.29, 0.717) is 5.02 Å². The van der Waals surface area contributed by atoms with Crippen LogP contribution in [0, 0.1) is 0 Å². The van der Waals surface area contributed by atoms with Gasteiger partial charge in [-0.2, -0.15) is 0 Å². The Labute approximate surface area is 180 Å². The molecule has 152 valence electrons. The van der Waals surface area contributed by atoms with Crippen LogP contribution in [0.2, 0.25) is 5.02 Å². The molecular weight excluding hydrogens is 396 g/mol. The number of anilines is 1. The normalized spacial score (nSPS) is 19.4. The van der Waals surface area contributed by atoms with Gasteiger partial charge in [-0.25, -0.2) is 9.97 Å². The van der Waals surface area contributed by atoms with Crippen molar-refractivity contribution in [3.05, 3.63) is 72.1 Å². The van der Waals surface area contributed by atoms with Crippen molar-refractivity contribution in [1.82, 2.24) is 14.5 Å². The van der Waals surface area contributed by atoms with Gasteiger partial charge in [-0.15, -0.1) is 0 Å². The zero-order chi connectivity index (χ0) is 20.7. The Morgan fingerprint density at radius 2 is 1.63 bits per heavy atom. The second-order valence-corrected chi connectivity index (χ2v) is 8.25. The molecular formula is C24H23ClN4O. The topological polar surface area (TPSA) is 43.2 Å². The molecule has 3 heterocycles. The van der Waals surface area contributed by atoms with Gasteiger partial charge in [0, 0.05) is 35.6 Å². The number of benzene rings is 2. The smallest absolute Gasteiger partial charge is 0.150 e. The molecule has 1 aliphatic heterocycles. The van der Waals surface area contributed by atoms with E-state index >= 15 is 0 Å². The number of ether oxygens (including phenoxy) is 1. The number of aromatic nitrogens is 3. The highest BCUT2D eigenvalue weighted by Gasteiger charge is 2.27. The molecule has 2 unspecified atom stereocenters. The van der Waals surface area contributed by atoms with Crippen molar-refractivity contribution < 1.29 is 4.74 Å². The maximum Gasteiger partial charge on any atom is 0.150 e. The lowest BCUT2D eigenvalue weighted by Crippen LogP contribution is -2.46. The van der Waals surface area contributed by atoms with Crippen LogP contribution < -0.4 is 4.90 Å². The lowest BCUT2D eigenvalue weighted by molar-refractivity contribution is -0.00537. The summed E-state index contributed by atoms with van der Waals surface area (Å²) in [5.74, 6) is 0.952. The minimum absolute atomic E-state index is 0.150. The predicted octanol–water partition coefficient (Wildman–Crippen LogP) is 5.35. The number of hydrogen-bond acceptors (Lipinski definition) is 4. The third kappa shape index (κ3) is 3.44. The van der Waals surface area contributed by atoms with Gasteiger partial charge in [0.2, 0.25) is 0 Å². The average Bonchev–Trinajstić information content (AvgIpc) is 3.14. The van der Waals surface area contributed by atoms with Gasteiger partial charge in [0.15, 0.2) is 5.65 Å². The first-order valence-electron chi connectivity index (χ1n) is 10.2. The molecule has 0 aliphatic carbocycles. The van der Waals surface area contributed by atoms with Gasteiger partial charge in [0.05, 0.1) is 17.6 Å². The Morgan fingerprint density at radius 1 is 0.933 bits per heavy atom. The fourth-order valence-electron chi connectivity index (χ4n) is 4.27. The molecule has 0 N–H and O–H groups in total. The lowest BCUT2D eigenvalue weighted by atomic mass is 10.1. The summed E-state index contributed by atoms with van der Waals surface area (Å²) in [7, 11) is 0. The third-order valence-electron chi connectivity index (χ3n) is 5.47. The molecule has 2 aromatic carbocycles. The first kappa shape index (κ1) is 19.1. The standard InChI is InChI=1S/C24H23ClN4O/c1-16-12-28(13-17(2)30-16)23-22-21(18-6-4-3-5-7-18)14-29(24(22)27-15-26-23)20-10-8-19(25)9-11-20/h3-11,14-17H,12-13H2,1-2H3. The van der Waals surface area contributed by atoms with E-state index in [-0.39, 0.29) is 12.2 Å². The molecule has 4 aromatic rings. The van der Waals surface area contributed by atoms with E-state index in [2.05, 4.69) is 58.8 Å². The molecule has 2 aromatic heterocycles. The van der Waals surface area contributed by atoms with E-state index in [9.17, 15) is 0 Å². The zero-order valence-corrected chi connectivity index (χ0v) is 17.8. The van der Waals surface area contributed by atoms with Crippen molar-refractivity contribution in [3.8, 4) is 16.8 Å². The molecule has 1 fully saturated rings. The van der Waals surface area contributed by atoms with E-state index in [4.69, 9.17) is 21.3 Å². The Kier molecular flexibility index (Phi) is 4.93. The molecule has 0 amide bonds. The average molecular weight is 419 g/mol. The molecule has 6 heteroatoms. The largest absolute Gasteiger partial charge is 0.372 e. The number of halogens is 1. The summed E-state index contributed by atoms with van der Waals surface area (Å²) < 4.78 is 8.07. The molecule has 0 bridgehead atoms. The van der Waals surface area contributed by atoms with E-state index in [1.807, 2.05) is 30.3 Å². The Balaban J connectivity index is 1.75. The first-order chi connectivity index (χ1) is 14.6. The molecule has 2 atom stereocenters. The summed E-state index contributed by atoms with van der Waals surface area (Å²) in [6, 6.07) is 18.2. The van der Waals surface area contributed by atoms with E-state index in [1.165, 1.54) is 0 Å². The molecule has 0 saturated carbocycles. The molecule has 5 rings (SSSR count).